The Morgan fingerprint density at radius 2 is 1.54 bits per heavy atom. The molecular formula is C18H13Cl3N2O. The molecule has 0 saturated carbocycles. The SMILES string of the molecule is O=C(CNc1cc(Cl)c(Cl)cc1Cl)Nc1cccc2ccccc12. The highest BCUT2D eigenvalue weighted by Crippen LogP contribution is 2.32. The van der Waals surface area contributed by atoms with Gasteiger partial charge in [-0.15, -0.1) is 0 Å². The topological polar surface area (TPSA) is 41.1 Å². The standard InChI is InChI=1S/C18H13Cl3N2O/c19-13-8-15(21)17(9-14(13)20)22-10-18(24)23-16-7-3-5-11-4-1-2-6-12(11)16/h1-9,22H,10H2,(H,23,24). The van der Waals surface area contributed by atoms with Crippen LogP contribution in [0.2, 0.25) is 15.1 Å². The first-order chi connectivity index (χ1) is 11.5. The summed E-state index contributed by atoms with van der Waals surface area (Å²) in [6.45, 7) is 0.0565. The van der Waals surface area contributed by atoms with Crippen molar-refractivity contribution in [2.45, 2.75) is 0 Å². The van der Waals surface area contributed by atoms with Gasteiger partial charge in [-0.3, -0.25) is 4.79 Å². The lowest BCUT2D eigenvalue weighted by molar-refractivity contribution is -0.114. The van der Waals surface area contributed by atoms with Crippen LogP contribution in [0.1, 0.15) is 0 Å². The molecule has 3 aromatic carbocycles. The van der Waals surface area contributed by atoms with Crippen LogP contribution in [-0.2, 0) is 4.79 Å². The van der Waals surface area contributed by atoms with Crippen molar-refractivity contribution in [3.8, 4) is 0 Å². The molecule has 122 valence electrons. The van der Waals surface area contributed by atoms with Crippen LogP contribution in [0.15, 0.2) is 54.6 Å². The van der Waals surface area contributed by atoms with E-state index in [1.54, 1.807) is 6.07 Å². The summed E-state index contributed by atoms with van der Waals surface area (Å²) in [5.74, 6) is -0.187. The minimum Gasteiger partial charge on any atom is -0.375 e. The van der Waals surface area contributed by atoms with Crippen LogP contribution in [0.25, 0.3) is 10.8 Å². The zero-order chi connectivity index (χ0) is 17.1. The molecule has 3 aromatic rings. The second-order valence-electron chi connectivity index (χ2n) is 5.17. The predicted molar refractivity (Wildman–Crippen MR) is 103 cm³/mol. The van der Waals surface area contributed by atoms with Crippen molar-refractivity contribution in [3.63, 3.8) is 0 Å². The molecular weight excluding hydrogens is 367 g/mol. The molecule has 3 nitrogen and oxygen atoms in total. The number of rotatable bonds is 4. The second kappa shape index (κ2) is 7.31. The summed E-state index contributed by atoms with van der Waals surface area (Å²) in [5, 5.41) is 9.06. The van der Waals surface area contributed by atoms with E-state index in [-0.39, 0.29) is 12.5 Å². The highest BCUT2D eigenvalue weighted by Gasteiger charge is 2.09. The van der Waals surface area contributed by atoms with Gasteiger partial charge in [-0.1, -0.05) is 71.2 Å². The van der Waals surface area contributed by atoms with Gasteiger partial charge < -0.3 is 10.6 Å². The number of anilines is 2. The van der Waals surface area contributed by atoms with Gasteiger partial charge >= 0.3 is 0 Å². The van der Waals surface area contributed by atoms with Gasteiger partial charge in [0.25, 0.3) is 0 Å². The Morgan fingerprint density at radius 3 is 2.38 bits per heavy atom. The number of benzene rings is 3. The zero-order valence-electron chi connectivity index (χ0n) is 12.4. The Hall–Kier alpha value is -1.94. The van der Waals surface area contributed by atoms with Crippen molar-refractivity contribution in [1.29, 1.82) is 0 Å². The monoisotopic (exact) mass is 378 g/mol. The summed E-state index contributed by atoms with van der Waals surface area (Å²) in [5.41, 5.74) is 1.32. The Morgan fingerprint density at radius 1 is 0.833 bits per heavy atom. The summed E-state index contributed by atoms with van der Waals surface area (Å²) in [6.07, 6.45) is 0. The van der Waals surface area contributed by atoms with Crippen molar-refractivity contribution < 1.29 is 4.79 Å². The van der Waals surface area contributed by atoms with Crippen LogP contribution < -0.4 is 10.6 Å². The highest BCUT2D eigenvalue weighted by atomic mass is 35.5. The number of nitrogens with one attached hydrogen (secondary N) is 2. The van der Waals surface area contributed by atoms with Crippen molar-refractivity contribution in [3.05, 3.63) is 69.7 Å². The molecule has 0 heterocycles. The van der Waals surface area contributed by atoms with E-state index in [1.165, 1.54) is 6.07 Å². The number of halogens is 3. The lowest BCUT2D eigenvalue weighted by Crippen LogP contribution is -2.22. The fraction of sp³-hybridized carbons (Fsp3) is 0.0556. The first-order valence-corrected chi connectivity index (χ1v) is 8.34. The van der Waals surface area contributed by atoms with E-state index in [1.807, 2.05) is 42.5 Å². The first kappa shape index (κ1) is 16.9. The van der Waals surface area contributed by atoms with E-state index in [0.29, 0.717) is 20.8 Å². The van der Waals surface area contributed by atoms with E-state index in [0.717, 1.165) is 16.5 Å². The fourth-order valence-corrected chi connectivity index (χ4v) is 2.98. The minimum atomic E-state index is -0.187. The molecule has 0 bridgehead atoms. The zero-order valence-corrected chi connectivity index (χ0v) is 14.7. The van der Waals surface area contributed by atoms with E-state index in [9.17, 15) is 4.79 Å². The number of fused-ring (bicyclic) bond motifs is 1. The number of hydrogen-bond donors (Lipinski definition) is 2. The van der Waals surface area contributed by atoms with Crippen LogP contribution in [-0.4, -0.2) is 12.5 Å². The summed E-state index contributed by atoms with van der Waals surface area (Å²) in [4.78, 5) is 12.2. The molecule has 0 fully saturated rings. The quantitative estimate of drug-likeness (QED) is 0.558. The molecule has 1 amide bonds. The average molecular weight is 380 g/mol. The summed E-state index contributed by atoms with van der Waals surface area (Å²) < 4.78 is 0. The molecule has 3 rings (SSSR count). The Labute approximate surface area is 154 Å². The number of amides is 1. The Balaban J connectivity index is 1.71. The van der Waals surface area contributed by atoms with Crippen LogP contribution >= 0.6 is 34.8 Å². The molecule has 0 spiro atoms. The second-order valence-corrected chi connectivity index (χ2v) is 6.40. The molecule has 24 heavy (non-hydrogen) atoms. The van der Waals surface area contributed by atoms with Gasteiger partial charge in [0.1, 0.15) is 0 Å². The van der Waals surface area contributed by atoms with Gasteiger partial charge in [0.05, 0.1) is 27.3 Å². The number of carbonyl (C=O) groups excluding carboxylic acids is 1. The lowest BCUT2D eigenvalue weighted by atomic mass is 10.1. The summed E-state index contributed by atoms with van der Waals surface area (Å²) >= 11 is 17.9. The van der Waals surface area contributed by atoms with Crippen LogP contribution in [0.5, 0.6) is 0 Å². The number of hydrogen-bond acceptors (Lipinski definition) is 2. The minimum absolute atomic E-state index is 0.0565. The molecule has 0 aromatic heterocycles. The van der Waals surface area contributed by atoms with Gasteiger partial charge in [0.15, 0.2) is 0 Å². The predicted octanol–water partition coefficient (Wildman–Crippen LogP) is 5.85. The van der Waals surface area contributed by atoms with E-state index >= 15 is 0 Å². The maximum Gasteiger partial charge on any atom is 0.243 e. The van der Waals surface area contributed by atoms with Crippen LogP contribution in [0.4, 0.5) is 11.4 Å². The molecule has 0 radical (unpaired) electrons. The summed E-state index contributed by atoms with van der Waals surface area (Å²) in [6, 6.07) is 16.8. The van der Waals surface area contributed by atoms with Crippen LogP contribution in [0.3, 0.4) is 0 Å². The molecule has 0 saturated heterocycles. The average Bonchev–Trinajstić information content (AvgIpc) is 2.57. The molecule has 0 aliphatic carbocycles. The third-order valence-corrected chi connectivity index (χ3v) is 4.55. The summed E-state index contributed by atoms with van der Waals surface area (Å²) in [7, 11) is 0. The third-order valence-electron chi connectivity index (χ3n) is 3.51. The molecule has 0 unspecified atom stereocenters. The highest BCUT2D eigenvalue weighted by molar-refractivity contribution is 6.44. The van der Waals surface area contributed by atoms with Gasteiger partial charge in [-0.25, -0.2) is 0 Å². The van der Waals surface area contributed by atoms with E-state index in [4.69, 9.17) is 34.8 Å². The van der Waals surface area contributed by atoms with E-state index in [2.05, 4.69) is 10.6 Å². The molecule has 2 N–H and O–H groups in total. The van der Waals surface area contributed by atoms with E-state index < -0.39 is 0 Å². The largest absolute Gasteiger partial charge is 0.375 e. The Kier molecular flexibility index (Phi) is 5.14. The van der Waals surface area contributed by atoms with Crippen LogP contribution in [0, 0.1) is 0 Å². The van der Waals surface area contributed by atoms with Gasteiger partial charge in [0.2, 0.25) is 5.91 Å². The van der Waals surface area contributed by atoms with Crippen molar-refractivity contribution in [1.82, 2.24) is 0 Å². The molecule has 0 atom stereocenters. The lowest BCUT2D eigenvalue weighted by Gasteiger charge is -2.11. The Bertz CT molecular complexity index is 907. The maximum absolute atomic E-state index is 12.2. The normalized spacial score (nSPS) is 10.6. The van der Waals surface area contributed by atoms with Crippen molar-refractivity contribution in [2.24, 2.45) is 0 Å². The molecule has 0 aliphatic heterocycles. The van der Waals surface area contributed by atoms with Crippen molar-refractivity contribution in [2.75, 3.05) is 17.2 Å². The third kappa shape index (κ3) is 3.75. The van der Waals surface area contributed by atoms with Gasteiger partial charge in [0, 0.05) is 11.1 Å². The smallest absolute Gasteiger partial charge is 0.243 e. The van der Waals surface area contributed by atoms with Gasteiger partial charge in [-0.05, 0) is 23.6 Å². The maximum atomic E-state index is 12.2. The fourth-order valence-electron chi connectivity index (χ4n) is 2.36. The van der Waals surface area contributed by atoms with Crippen molar-refractivity contribution >= 4 is 62.9 Å². The molecule has 0 aliphatic rings. The van der Waals surface area contributed by atoms with Gasteiger partial charge in [-0.2, -0.15) is 0 Å². The first-order valence-electron chi connectivity index (χ1n) is 7.20. The number of carbonyl (C=O) groups is 1. The molecule has 6 heteroatoms.